The predicted octanol–water partition coefficient (Wildman–Crippen LogP) is 1.87. The Labute approximate surface area is 163 Å². The Morgan fingerprint density at radius 2 is 1.89 bits per heavy atom. The second kappa shape index (κ2) is 7.01. The second-order valence-corrected chi connectivity index (χ2v) is 7.47. The smallest absolute Gasteiger partial charge is 0.274 e. The van der Waals surface area contributed by atoms with Gasteiger partial charge in [0.05, 0.1) is 19.3 Å². The Morgan fingerprint density at radius 1 is 1.11 bits per heavy atom. The number of ether oxygens (including phenoxy) is 3. The van der Waals surface area contributed by atoms with Gasteiger partial charge in [-0.2, -0.15) is 5.10 Å². The van der Waals surface area contributed by atoms with E-state index in [1.807, 2.05) is 27.8 Å². The number of rotatable bonds is 4. The molecule has 0 radical (unpaired) electrons. The lowest BCUT2D eigenvalue weighted by Gasteiger charge is -2.28. The quantitative estimate of drug-likeness (QED) is 0.802. The maximum Gasteiger partial charge on any atom is 0.274 e. The molecule has 0 unspecified atom stereocenters. The van der Waals surface area contributed by atoms with Gasteiger partial charge in [-0.05, 0) is 25.0 Å². The van der Waals surface area contributed by atoms with Crippen LogP contribution in [0.25, 0.3) is 0 Å². The minimum absolute atomic E-state index is 0.0587. The van der Waals surface area contributed by atoms with E-state index in [-0.39, 0.29) is 12.7 Å². The molecule has 1 saturated heterocycles. The van der Waals surface area contributed by atoms with Crippen molar-refractivity contribution in [2.24, 2.45) is 0 Å². The molecule has 1 amide bonds. The van der Waals surface area contributed by atoms with Gasteiger partial charge in [-0.1, -0.05) is 0 Å². The van der Waals surface area contributed by atoms with E-state index in [1.165, 1.54) is 0 Å². The van der Waals surface area contributed by atoms with Gasteiger partial charge in [0, 0.05) is 44.4 Å². The van der Waals surface area contributed by atoms with Gasteiger partial charge in [0.15, 0.2) is 17.2 Å². The summed E-state index contributed by atoms with van der Waals surface area (Å²) < 4.78 is 18.5. The molecule has 1 aromatic carbocycles. The van der Waals surface area contributed by atoms with E-state index in [2.05, 4.69) is 10.00 Å². The lowest BCUT2D eigenvalue weighted by molar-refractivity contribution is 0.0786. The average molecular weight is 384 g/mol. The van der Waals surface area contributed by atoms with E-state index < -0.39 is 0 Å². The summed E-state index contributed by atoms with van der Waals surface area (Å²) in [6.07, 6.45) is 2.18. The van der Waals surface area contributed by atoms with Gasteiger partial charge in [-0.3, -0.25) is 14.4 Å². The molecule has 148 valence electrons. The Bertz CT molecular complexity index is 904. The number of nitrogens with zero attached hydrogens (tertiary/aromatic N) is 4. The largest absolute Gasteiger partial charge is 0.496 e. The van der Waals surface area contributed by atoms with Crippen molar-refractivity contribution in [3.8, 4) is 17.2 Å². The highest BCUT2D eigenvalue weighted by molar-refractivity contribution is 5.92. The summed E-state index contributed by atoms with van der Waals surface area (Å²) in [7, 11) is 1.67. The standard InChI is InChI=1S/C20H24N4O4/c1-26-17-10-19-18(27-13-28-19)8-14(17)11-22-6-7-24-15(12-22)9-16(21-24)20(25)23-4-2-3-5-23/h8-10H,2-7,11-13H2,1H3. The molecule has 2 aromatic rings. The van der Waals surface area contributed by atoms with Crippen molar-refractivity contribution in [1.82, 2.24) is 19.6 Å². The van der Waals surface area contributed by atoms with E-state index in [0.29, 0.717) is 5.69 Å². The Morgan fingerprint density at radius 3 is 2.68 bits per heavy atom. The first-order valence-electron chi connectivity index (χ1n) is 9.76. The molecule has 28 heavy (non-hydrogen) atoms. The zero-order valence-electron chi connectivity index (χ0n) is 16.0. The van der Waals surface area contributed by atoms with Crippen molar-refractivity contribution in [2.45, 2.75) is 32.5 Å². The van der Waals surface area contributed by atoms with Crippen LogP contribution in [0.1, 0.15) is 34.6 Å². The van der Waals surface area contributed by atoms with Gasteiger partial charge in [-0.25, -0.2) is 0 Å². The van der Waals surface area contributed by atoms with Gasteiger partial charge in [0.25, 0.3) is 5.91 Å². The first-order valence-corrected chi connectivity index (χ1v) is 9.76. The lowest BCUT2D eigenvalue weighted by atomic mass is 10.1. The molecule has 1 fully saturated rings. The summed E-state index contributed by atoms with van der Waals surface area (Å²) >= 11 is 0. The number of methoxy groups -OCH3 is 1. The Balaban J connectivity index is 1.32. The number of amides is 1. The van der Waals surface area contributed by atoms with Gasteiger partial charge in [0.2, 0.25) is 6.79 Å². The Hall–Kier alpha value is -2.74. The summed E-state index contributed by atoms with van der Waals surface area (Å²) in [4.78, 5) is 16.9. The monoisotopic (exact) mass is 384 g/mol. The normalized spacial score (nSPS) is 18.4. The maximum atomic E-state index is 12.6. The van der Waals surface area contributed by atoms with Gasteiger partial charge >= 0.3 is 0 Å². The summed E-state index contributed by atoms with van der Waals surface area (Å²) in [5.74, 6) is 2.34. The van der Waals surface area contributed by atoms with Crippen LogP contribution in [0.2, 0.25) is 0 Å². The van der Waals surface area contributed by atoms with Crippen LogP contribution in [0.4, 0.5) is 0 Å². The molecule has 0 bridgehead atoms. The third kappa shape index (κ3) is 3.07. The predicted molar refractivity (Wildman–Crippen MR) is 101 cm³/mol. The molecular weight excluding hydrogens is 360 g/mol. The van der Waals surface area contributed by atoms with Crippen molar-refractivity contribution < 1.29 is 19.0 Å². The number of likely N-dealkylation sites (tertiary alicyclic amines) is 1. The van der Waals surface area contributed by atoms with Crippen LogP contribution in [-0.2, 0) is 19.6 Å². The molecule has 0 N–H and O–H groups in total. The first-order chi connectivity index (χ1) is 13.7. The number of carbonyl (C=O) groups is 1. The molecule has 0 atom stereocenters. The van der Waals surface area contributed by atoms with Crippen LogP contribution in [0.5, 0.6) is 17.2 Å². The Kier molecular flexibility index (Phi) is 4.35. The van der Waals surface area contributed by atoms with Crippen molar-refractivity contribution in [3.63, 3.8) is 0 Å². The first kappa shape index (κ1) is 17.4. The number of hydrogen-bond acceptors (Lipinski definition) is 6. The summed E-state index contributed by atoms with van der Waals surface area (Å²) in [6, 6.07) is 5.83. The number of fused-ring (bicyclic) bond motifs is 2. The van der Waals surface area contributed by atoms with Crippen LogP contribution in [0, 0.1) is 0 Å². The third-order valence-electron chi connectivity index (χ3n) is 5.66. The average Bonchev–Trinajstić information content (AvgIpc) is 3.45. The maximum absolute atomic E-state index is 12.6. The summed E-state index contributed by atoms with van der Waals surface area (Å²) in [5, 5.41) is 4.56. The van der Waals surface area contributed by atoms with Crippen LogP contribution < -0.4 is 14.2 Å². The number of carbonyl (C=O) groups excluding carboxylic acids is 1. The number of aromatic nitrogens is 2. The minimum atomic E-state index is 0.0587. The van der Waals surface area contributed by atoms with E-state index >= 15 is 0 Å². The van der Waals surface area contributed by atoms with Gasteiger partial charge in [0.1, 0.15) is 5.75 Å². The molecule has 8 nitrogen and oxygen atoms in total. The molecule has 0 spiro atoms. The van der Waals surface area contributed by atoms with Crippen LogP contribution >= 0.6 is 0 Å². The van der Waals surface area contributed by atoms with Crippen molar-refractivity contribution in [3.05, 3.63) is 35.2 Å². The molecule has 3 aliphatic rings. The fourth-order valence-corrected chi connectivity index (χ4v) is 4.16. The molecule has 3 aliphatic heterocycles. The third-order valence-corrected chi connectivity index (χ3v) is 5.66. The zero-order valence-corrected chi connectivity index (χ0v) is 16.0. The molecule has 0 aliphatic carbocycles. The highest BCUT2D eigenvalue weighted by Crippen LogP contribution is 2.38. The van der Waals surface area contributed by atoms with E-state index in [1.54, 1.807) is 7.11 Å². The molecule has 8 heteroatoms. The fraction of sp³-hybridized carbons (Fsp3) is 0.500. The molecule has 1 aromatic heterocycles. The summed E-state index contributed by atoms with van der Waals surface area (Å²) in [6.45, 7) is 5.06. The van der Waals surface area contributed by atoms with Crippen molar-refractivity contribution >= 4 is 5.91 Å². The van der Waals surface area contributed by atoms with E-state index in [0.717, 1.165) is 80.6 Å². The van der Waals surface area contributed by atoms with Crippen molar-refractivity contribution in [1.29, 1.82) is 0 Å². The highest BCUT2D eigenvalue weighted by Gasteiger charge is 2.26. The fourth-order valence-electron chi connectivity index (χ4n) is 4.16. The van der Waals surface area contributed by atoms with E-state index in [4.69, 9.17) is 14.2 Å². The molecular formula is C20H24N4O4. The van der Waals surface area contributed by atoms with Crippen LogP contribution in [0.3, 0.4) is 0 Å². The minimum Gasteiger partial charge on any atom is -0.496 e. The van der Waals surface area contributed by atoms with Crippen LogP contribution in [0.15, 0.2) is 18.2 Å². The lowest BCUT2D eigenvalue weighted by Crippen LogP contribution is -2.33. The van der Waals surface area contributed by atoms with Crippen LogP contribution in [-0.4, -0.2) is 59.0 Å². The van der Waals surface area contributed by atoms with Crippen molar-refractivity contribution in [2.75, 3.05) is 33.5 Å². The number of benzene rings is 1. The zero-order chi connectivity index (χ0) is 19.1. The van der Waals surface area contributed by atoms with E-state index in [9.17, 15) is 4.79 Å². The SMILES string of the molecule is COc1cc2c(cc1CN1CCn3nc(C(=O)N4CCCC4)cc3C1)OCO2. The molecule has 5 rings (SSSR count). The highest BCUT2D eigenvalue weighted by atomic mass is 16.7. The molecule has 0 saturated carbocycles. The van der Waals surface area contributed by atoms with Gasteiger partial charge < -0.3 is 19.1 Å². The topological polar surface area (TPSA) is 69.1 Å². The molecule has 4 heterocycles. The second-order valence-electron chi connectivity index (χ2n) is 7.47. The number of hydrogen-bond donors (Lipinski definition) is 0. The summed E-state index contributed by atoms with van der Waals surface area (Å²) in [5.41, 5.74) is 2.71. The van der Waals surface area contributed by atoms with Gasteiger partial charge in [-0.15, -0.1) is 0 Å².